The number of benzene rings is 1. The number of carboxylic acid groups (broad SMARTS) is 1. The van der Waals surface area contributed by atoms with Crippen LogP contribution in [-0.4, -0.2) is 17.7 Å². The number of carbonyl (C=O) groups is 1. The molecule has 0 radical (unpaired) electrons. The third-order valence-corrected chi connectivity index (χ3v) is 3.22. The van der Waals surface area contributed by atoms with Gasteiger partial charge in [-0.05, 0) is 46.8 Å². The first-order valence-electron chi connectivity index (χ1n) is 4.93. The molecule has 1 aromatic carbocycles. The number of rotatable bonds is 4. The van der Waals surface area contributed by atoms with Crippen LogP contribution in [0.4, 0.5) is 4.39 Å². The molecule has 0 bridgehead atoms. The lowest BCUT2D eigenvalue weighted by atomic mass is 10.2. The summed E-state index contributed by atoms with van der Waals surface area (Å²) >= 11 is 2.92. The molecule has 1 saturated carbocycles. The van der Waals surface area contributed by atoms with Crippen LogP contribution in [0.15, 0.2) is 16.6 Å². The van der Waals surface area contributed by atoms with Gasteiger partial charge in [0.25, 0.3) is 0 Å². The molecule has 0 amide bonds. The Morgan fingerprint density at radius 1 is 1.56 bits per heavy atom. The maximum absolute atomic E-state index is 13.7. The van der Waals surface area contributed by atoms with Gasteiger partial charge in [0.1, 0.15) is 0 Å². The highest BCUT2D eigenvalue weighted by molar-refractivity contribution is 9.10. The highest BCUT2D eigenvalue weighted by atomic mass is 79.9. The normalized spacial score (nSPS) is 14.9. The zero-order valence-corrected chi connectivity index (χ0v) is 9.96. The summed E-state index contributed by atoms with van der Waals surface area (Å²) in [5.74, 6) is -1.19. The second-order valence-electron chi connectivity index (χ2n) is 3.80. The minimum Gasteiger partial charge on any atom is -0.490 e. The number of hydrogen-bond acceptors (Lipinski definition) is 2. The molecule has 5 heteroatoms. The lowest BCUT2D eigenvalue weighted by molar-refractivity contribution is 0.0695. The molecule has 1 N–H and O–H groups in total. The molecule has 0 aromatic heterocycles. The third-order valence-electron chi connectivity index (χ3n) is 2.45. The van der Waals surface area contributed by atoms with Gasteiger partial charge in [-0.3, -0.25) is 0 Å². The molecule has 0 spiro atoms. The Kier molecular flexibility index (Phi) is 3.14. The van der Waals surface area contributed by atoms with Crippen LogP contribution in [0.3, 0.4) is 0 Å². The molecule has 0 heterocycles. The van der Waals surface area contributed by atoms with E-state index in [0.29, 0.717) is 12.5 Å². The van der Waals surface area contributed by atoms with Gasteiger partial charge in [-0.1, -0.05) is 0 Å². The second kappa shape index (κ2) is 4.41. The minimum absolute atomic E-state index is 0.0618. The molecule has 86 valence electrons. The molecule has 0 aliphatic heterocycles. The Bertz CT molecular complexity index is 429. The molecule has 0 unspecified atom stereocenters. The highest BCUT2D eigenvalue weighted by Gasteiger charge is 2.23. The van der Waals surface area contributed by atoms with Crippen LogP contribution in [0, 0.1) is 11.7 Å². The molecular formula is C11H10BrFO3. The van der Waals surface area contributed by atoms with E-state index in [1.807, 2.05) is 0 Å². The minimum atomic E-state index is -1.17. The second-order valence-corrected chi connectivity index (χ2v) is 4.59. The summed E-state index contributed by atoms with van der Waals surface area (Å²) in [4.78, 5) is 10.7. The fourth-order valence-electron chi connectivity index (χ4n) is 1.30. The first kappa shape index (κ1) is 11.4. The molecule has 2 rings (SSSR count). The first-order valence-corrected chi connectivity index (χ1v) is 5.73. The van der Waals surface area contributed by atoms with E-state index in [-0.39, 0.29) is 15.8 Å². The van der Waals surface area contributed by atoms with Crippen molar-refractivity contribution in [2.24, 2.45) is 5.92 Å². The Morgan fingerprint density at radius 3 is 2.81 bits per heavy atom. The van der Waals surface area contributed by atoms with Crippen molar-refractivity contribution in [3.05, 3.63) is 28.0 Å². The van der Waals surface area contributed by atoms with Gasteiger partial charge in [-0.25, -0.2) is 9.18 Å². The van der Waals surface area contributed by atoms with Crippen molar-refractivity contribution >= 4 is 21.9 Å². The average Bonchev–Trinajstić information content (AvgIpc) is 3.03. The van der Waals surface area contributed by atoms with Gasteiger partial charge in [0.05, 0.1) is 16.6 Å². The van der Waals surface area contributed by atoms with Crippen LogP contribution >= 0.6 is 15.9 Å². The van der Waals surface area contributed by atoms with Crippen LogP contribution in [0.2, 0.25) is 0 Å². The lowest BCUT2D eigenvalue weighted by Crippen LogP contribution is -2.04. The van der Waals surface area contributed by atoms with E-state index in [1.165, 1.54) is 12.1 Å². The standard InChI is InChI=1S/C11H10BrFO3/c12-9-7(11(14)15)3-4-8(10(9)13)16-5-6-1-2-6/h3-4,6H,1-2,5H2,(H,14,15). The molecule has 0 atom stereocenters. The maximum atomic E-state index is 13.7. The van der Waals surface area contributed by atoms with Crippen molar-refractivity contribution in [2.45, 2.75) is 12.8 Å². The van der Waals surface area contributed by atoms with Crippen LogP contribution < -0.4 is 4.74 Å². The Morgan fingerprint density at radius 2 is 2.25 bits per heavy atom. The molecule has 1 aliphatic rings. The molecule has 16 heavy (non-hydrogen) atoms. The summed E-state index contributed by atoms with van der Waals surface area (Å²) in [7, 11) is 0. The first-order chi connectivity index (χ1) is 7.59. The Hall–Kier alpha value is -1.10. The zero-order valence-electron chi connectivity index (χ0n) is 8.37. The maximum Gasteiger partial charge on any atom is 0.336 e. The van der Waals surface area contributed by atoms with E-state index in [9.17, 15) is 9.18 Å². The zero-order chi connectivity index (χ0) is 11.7. The summed E-state index contributed by atoms with van der Waals surface area (Å²) in [5, 5.41) is 8.77. The van der Waals surface area contributed by atoms with Gasteiger partial charge in [-0.2, -0.15) is 0 Å². The third kappa shape index (κ3) is 2.35. The van der Waals surface area contributed by atoms with Crippen molar-refractivity contribution in [1.29, 1.82) is 0 Å². The van der Waals surface area contributed by atoms with Gasteiger partial charge in [-0.15, -0.1) is 0 Å². The molecule has 1 aromatic rings. The number of aromatic carboxylic acids is 1. The monoisotopic (exact) mass is 288 g/mol. The average molecular weight is 289 g/mol. The van der Waals surface area contributed by atoms with E-state index in [1.54, 1.807) is 0 Å². The Labute approximate surface area is 100 Å². The van der Waals surface area contributed by atoms with Gasteiger partial charge < -0.3 is 9.84 Å². The number of hydrogen-bond donors (Lipinski definition) is 1. The van der Waals surface area contributed by atoms with Crippen LogP contribution in [0.25, 0.3) is 0 Å². The summed E-state index contributed by atoms with van der Waals surface area (Å²) in [6, 6.07) is 2.68. The summed E-state index contributed by atoms with van der Waals surface area (Å²) in [6.07, 6.45) is 2.24. The Balaban J connectivity index is 2.19. The number of carboxylic acids is 1. The lowest BCUT2D eigenvalue weighted by Gasteiger charge is -2.08. The van der Waals surface area contributed by atoms with Crippen LogP contribution in [0.5, 0.6) is 5.75 Å². The van der Waals surface area contributed by atoms with E-state index in [0.717, 1.165) is 12.8 Å². The van der Waals surface area contributed by atoms with Crippen molar-refractivity contribution in [3.63, 3.8) is 0 Å². The molecule has 0 saturated heterocycles. The SMILES string of the molecule is O=C(O)c1ccc(OCC2CC2)c(F)c1Br. The van der Waals surface area contributed by atoms with Gasteiger partial charge in [0, 0.05) is 0 Å². The molecule has 3 nitrogen and oxygen atoms in total. The summed E-state index contributed by atoms with van der Waals surface area (Å²) in [6.45, 7) is 0.496. The van der Waals surface area contributed by atoms with Crippen molar-refractivity contribution in [3.8, 4) is 5.75 Å². The number of ether oxygens (including phenoxy) is 1. The van der Waals surface area contributed by atoms with Crippen LogP contribution in [-0.2, 0) is 0 Å². The van der Waals surface area contributed by atoms with E-state index < -0.39 is 11.8 Å². The largest absolute Gasteiger partial charge is 0.490 e. The van der Waals surface area contributed by atoms with Gasteiger partial charge >= 0.3 is 5.97 Å². The number of halogens is 2. The molecule has 1 fully saturated rings. The molecular weight excluding hydrogens is 279 g/mol. The van der Waals surface area contributed by atoms with Crippen molar-refractivity contribution in [2.75, 3.05) is 6.61 Å². The van der Waals surface area contributed by atoms with Crippen LogP contribution in [0.1, 0.15) is 23.2 Å². The van der Waals surface area contributed by atoms with Crippen molar-refractivity contribution in [1.82, 2.24) is 0 Å². The smallest absolute Gasteiger partial charge is 0.336 e. The van der Waals surface area contributed by atoms with E-state index in [2.05, 4.69) is 15.9 Å². The van der Waals surface area contributed by atoms with E-state index in [4.69, 9.17) is 9.84 Å². The predicted molar refractivity (Wildman–Crippen MR) is 59.3 cm³/mol. The molecule has 1 aliphatic carbocycles. The predicted octanol–water partition coefficient (Wildman–Crippen LogP) is 3.08. The van der Waals surface area contributed by atoms with Gasteiger partial charge in [0.2, 0.25) is 0 Å². The van der Waals surface area contributed by atoms with E-state index >= 15 is 0 Å². The van der Waals surface area contributed by atoms with Gasteiger partial charge in [0.15, 0.2) is 11.6 Å². The summed E-state index contributed by atoms with van der Waals surface area (Å²) < 4.78 is 18.9. The van der Waals surface area contributed by atoms with Crippen molar-refractivity contribution < 1.29 is 19.0 Å². The fraction of sp³-hybridized carbons (Fsp3) is 0.364. The highest BCUT2D eigenvalue weighted by Crippen LogP contribution is 2.32. The topological polar surface area (TPSA) is 46.5 Å². The summed E-state index contributed by atoms with van der Waals surface area (Å²) in [5.41, 5.74) is -0.101. The quantitative estimate of drug-likeness (QED) is 0.926. The fourth-order valence-corrected chi connectivity index (χ4v) is 1.80.